The fourth-order valence-electron chi connectivity index (χ4n) is 3.03. The van der Waals surface area contributed by atoms with Gasteiger partial charge in [-0.15, -0.1) is 0 Å². The Morgan fingerprint density at radius 2 is 1.79 bits per heavy atom. The van der Waals surface area contributed by atoms with Gasteiger partial charge in [0, 0.05) is 17.4 Å². The van der Waals surface area contributed by atoms with Gasteiger partial charge >= 0.3 is 0 Å². The van der Waals surface area contributed by atoms with E-state index in [0.717, 1.165) is 33.7 Å². The van der Waals surface area contributed by atoms with Crippen molar-refractivity contribution in [3.05, 3.63) is 53.7 Å². The van der Waals surface area contributed by atoms with Crippen LogP contribution in [0.4, 0.5) is 0 Å². The van der Waals surface area contributed by atoms with Crippen LogP contribution in [0.1, 0.15) is 29.9 Å². The Bertz CT molecular complexity index is 949. The number of hydrogen-bond acceptors (Lipinski definition) is 4. The summed E-state index contributed by atoms with van der Waals surface area (Å²) in [5.74, 6) is 2.11. The highest BCUT2D eigenvalue weighted by Gasteiger charge is 2.11. The Kier molecular flexibility index (Phi) is 6.42. The minimum atomic E-state index is -0.133. The summed E-state index contributed by atoms with van der Waals surface area (Å²) in [5, 5.41) is 3.90. The van der Waals surface area contributed by atoms with Crippen LogP contribution in [0.3, 0.4) is 0 Å². The average Bonchev–Trinajstić information content (AvgIpc) is 3.13. The lowest BCUT2D eigenvalue weighted by atomic mass is 10.1. The molecule has 1 heterocycles. The molecule has 2 aromatic carbocycles. The van der Waals surface area contributed by atoms with Gasteiger partial charge < -0.3 is 24.5 Å². The fraction of sp³-hybridized carbons (Fsp3) is 0.318. The third-order valence-electron chi connectivity index (χ3n) is 4.38. The molecule has 6 nitrogen and oxygen atoms in total. The van der Waals surface area contributed by atoms with Gasteiger partial charge in [0.2, 0.25) is 0 Å². The van der Waals surface area contributed by atoms with Crippen molar-refractivity contribution in [1.29, 1.82) is 0 Å². The number of rotatable bonds is 9. The number of aromatic nitrogens is 1. The molecule has 1 aromatic heterocycles. The molecule has 0 atom stereocenters. The first-order chi connectivity index (χ1) is 13.6. The number of amides is 1. The van der Waals surface area contributed by atoms with Crippen molar-refractivity contribution < 1.29 is 19.0 Å². The second-order valence-electron chi connectivity index (χ2n) is 6.29. The van der Waals surface area contributed by atoms with Gasteiger partial charge in [0.1, 0.15) is 11.4 Å². The zero-order valence-corrected chi connectivity index (χ0v) is 16.5. The maximum atomic E-state index is 12.4. The smallest absolute Gasteiger partial charge is 0.267 e. The molecule has 0 aliphatic heterocycles. The van der Waals surface area contributed by atoms with Crippen LogP contribution in [0, 0.1) is 0 Å². The molecule has 3 aromatic rings. The molecule has 148 valence electrons. The van der Waals surface area contributed by atoms with E-state index < -0.39 is 0 Å². The topological polar surface area (TPSA) is 72.6 Å². The average molecular weight is 382 g/mol. The Labute approximate surface area is 164 Å². The van der Waals surface area contributed by atoms with E-state index in [-0.39, 0.29) is 5.91 Å². The number of fused-ring (bicyclic) bond motifs is 1. The Balaban J connectivity index is 1.61. The predicted molar refractivity (Wildman–Crippen MR) is 110 cm³/mol. The fourth-order valence-corrected chi connectivity index (χ4v) is 3.03. The predicted octanol–water partition coefficient (Wildman–Crippen LogP) is 3.95. The highest BCUT2D eigenvalue weighted by Crippen LogP contribution is 2.28. The molecule has 28 heavy (non-hydrogen) atoms. The quantitative estimate of drug-likeness (QED) is 0.588. The summed E-state index contributed by atoms with van der Waals surface area (Å²) in [6, 6.07) is 13.4. The van der Waals surface area contributed by atoms with E-state index in [1.165, 1.54) is 0 Å². The molecule has 6 heteroatoms. The van der Waals surface area contributed by atoms with E-state index in [1.54, 1.807) is 7.11 Å². The van der Waals surface area contributed by atoms with Gasteiger partial charge in [-0.1, -0.05) is 6.07 Å². The number of nitrogens with one attached hydrogen (secondary N) is 2. The lowest BCUT2D eigenvalue weighted by Gasteiger charge is -2.12. The molecule has 0 unspecified atom stereocenters. The van der Waals surface area contributed by atoms with E-state index in [2.05, 4.69) is 10.3 Å². The number of ether oxygens (including phenoxy) is 3. The molecule has 0 saturated carbocycles. The zero-order valence-electron chi connectivity index (χ0n) is 16.5. The molecule has 0 saturated heterocycles. The number of benzene rings is 2. The Morgan fingerprint density at radius 1 is 1.00 bits per heavy atom. The minimum absolute atomic E-state index is 0.133. The van der Waals surface area contributed by atoms with E-state index in [1.807, 2.05) is 56.3 Å². The SMILES string of the molecule is CCOc1ccc(CCNC(=O)c2cc3cc(OC)ccc3[nH]2)cc1OCC. The Morgan fingerprint density at radius 3 is 2.54 bits per heavy atom. The third-order valence-corrected chi connectivity index (χ3v) is 4.38. The lowest BCUT2D eigenvalue weighted by molar-refractivity contribution is 0.0950. The van der Waals surface area contributed by atoms with Crippen molar-refractivity contribution >= 4 is 16.8 Å². The number of H-pyrrole nitrogens is 1. The van der Waals surface area contributed by atoms with Crippen LogP contribution < -0.4 is 19.5 Å². The van der Waals surface area contributed by atoms with Crippen molar-refractivity contribution in [3.8, 4) is 17.2 Å². The van der Waals surface area contributed by atoms with Gasteiger partial charge in [-0.05, 0) is 62.2 Å². The second kappa shape index (κ2) is 9.17. The molecular formula is C22H26N2O4. The minimum Gasteiger partial charge on any atom is -0.497 e. The number of carbonyl (C=O) groups excluding carboxylic acids is 1. The standard InChI is InChI=1S/C22H26N2O4/c1-4-27-20-9-6-15(12-21(20)28-5-2)10-11-23-22(25)19-14-16-13-17(26-3)7-8-18(16)24-19/h6-9,12-14,24H,4-5,10-11H2,1-3H3,(H,23,25). The van der Waals surface area contributed by atoms with Crippen molar-refractivity contribution in [2.24, 2.45) is 0 Å². The summed E-state index contributed by atoms with van der Waals surface area (Å²) < 4.78 is 16.5. The number of carbonyl (C=O) groups is 1. The monoisotopic (exact) mass is 382 g/mol. The molecule has 1 amide bonds. The van der Waals surface area contributed by atoms with E-state index in [0.29, 0.717) is 31.9 Å². The molecule has 0 fully saturated rings. The summed E-state index contributed by atoms with van der Waals surface area (Å²) in [6.07, 6.45) is 0.701. The zero-order chi connectivity index (χ0) is 19.9. The molecule has 3 rings (SSSR count). The van der Waals surface area contributed by atoms with Crippen LogP contribution in [0.5, 0.6) is 17.2 Å². The van der Waals surface area contributed by atoms with Crippen molar-refractivity contribution in [3.63, 3.8) is 0 Å². The first kappa shape index (κ1) is 19.6. The van der Waals surface area contributed by atoms with Gasteiger partial charge in [0.15, 0.2) is 11.5 Å². The van der Waals surface area contributed by atoms with Crippen molar-refractivity contribution in [1.82, 2.24) is 10.3 Å². The van der Waals surface area contributed by atoms with Crippen LogP contribution in [0.2, 0.25) is 0 Å². The van der Waals surface area contributed by atoms with Gasteiger partial charge in [0.25, 0.3) is 5.91 Å². The maximum Gasteiger partial charge on any atom is 0.267 e. The maximum absolute atomic E-state index is 12.4. The summed E-state index contributed by atoms with van der Waals surface area (Å²) in [6.45, 7) is 5.58. The van der Waals surface area contributed by atoms with Crippen molar-refractivity contribution in [2.45, 2.75) is 20.3 Å². The van der Waals surface area contributed by atoms with Crippen LogP contribution in [-0.4, -0.2) is 37.8 Å². The molecule has 0 bridgehead atoms. The number of methoxy groups -OCH3 is 1. The summed E-state index contributed by atoms with van der Waals surface area (Å²) in [7, 11) is 1.62. The van der Waals surface area contributed by atoms with Gasteiger partial charge in [-0.3, -0.25) is 4.79 Å². The highest BCUT2D eigenvalue weighted by atomic mass is 16.5. The molecule has 0 aliphatic rings. The number of hydrogen-bond donors (Lipinski definition) is 2. The molecule has 0 spiro atoms. The van der Waals surface area contributed by atoms with Gasteiger partial charge in [0.05, 0.1) is 20.3 Å². The first-order valence-electron chi connectivity index (χ1n) is 9.48. The van der Waals surface area contributed by atoms with E-state index >= 15 is 0 Å². The van der Waals surface area contributed by atoms with Crippen molar-refractivity contribution in [2.75, 3.05) is 26.9 Å². The normalized spacial score (nSPS) is 10.7. The Hall–Kier alpha value is -3.15. The van der Waals surface area contributed by atoms with E-state index in [9.17, 15) is 4.79 Å². The third kappa shape index (κ3) is 4.57. The summed E-state index contributed by atoms with van der Waals surface area (Å²) in [4.78, 5) is 15.6. The second-order valence-corrected chi connectivity index (χ2v) is 6.29. The summed E-state index contributed by atoms with van der Waals surface area (Å²) >= 11 is 0. The van der Waals surface area contributed by atoms with Crippen LogP contribution in [0.25, 0.3) is 10.9 Å². The number of aromatic amines is 1. The molecule has 0 radical (unpaired) electrons. The largest absolute Gasteiger partial charge is 0.497 e. The van der Waals surface area contributed by atoms with Crippen LogP contribution >= 0.6 is 0 Å². The molecule has 0 aliphatic carbocycles. The molecule has 2 N–H and O–H groups in total. The lowest BCUT2D eigenvalue weighted by Crippen LogP contribution is -2.25. The van der Waals surface area contributed by atoms with E-state index in [4.69, 9.17) is 14.2 Å². The summed E-state index contributed by atoms with van der Waals surface area (Å²) in [5.41, 5.74) is 2.51. The van der Waals surface area contributed by atoms with Gasteiger partial charge in [-0.2, -0.15) is 0 Å². The first-order valence-corrected chi connectivity index (χ1v) is 9.48. The highest BCUT2D eigenvalue weighted by molar-refractivity contribution is 5.98. The van der Waals surface area contributed by atoms with Gasteiger partial charge in [-0.25, -0.2) is 0 Å². The van der Waals surface area contributed by atoms with Crippen LogP contribution in [0.15, 0.2) is 42.5 Å². The van der Waals surface area contributed by atoms with Crippen LogP contribution in [-0.2, 0) is 6.42 Å². The molecular weight excluding hydrogens is 356 g/mol.